The van der Waals surface area contributed by atoms with E-state index in [9.17, 15) is 4.79 Å². The van der Waals surface area contributed by atoms with Crippen molar-refractivity contribution in [3.05, 3.63) is 29.3 Å². The van der Waals surface area contributed by atoms with Crippen LogP contribution in [-0.2, 0) is 4.74 Å². The zero-order valence-corrected chi connectivity index (χ0v) is 9.48. The van der Waals surface area contributed by atoms with E-state index in [4.69, 9.17) is 10.00 Å². The Hall–Kier alpha value is -2.02. The van der Waals surface area contributed by atoms with Gasteiger partial charge >= 0.3 is 5.97 Å². The van der Waals surface area contributed by atoms with Crippen LogP contribution in [0.2, 0.25) is 0 Å². The van der Waals surface area contributed by atoms with Crippen molar-refractivity contribution in [2.45, 2.75) is 20.0 Å². The fraction of sp³-hybridized carbons (Fsp3) is 0.333. The molecule has 4 heteroatoms. The molecular formula is C12H13NO3. The van der Waals surface area contributed by atoms with Gasteiger partial charge in [0.25, 0.3) is 0 Å². The first-order valence-corrected chi connectivity index (χ1v) is 4.87. The van der Waals surface area contributed by atoms with Gasteiger partial charge in [0.1, 0.15) is 5.75 Å². The molecule has 0 spiro atoms. The van der Waals surface area contributed by atoms with Crippen LogP contribution < -0.4 is 4.74 Å². The van der Waals surface area contributed by atoms with Gasteiger partial charge in [-0.05, 0) is 32.0 Å². The highest BCUT2D eigenvalue weighted by molar-refractivity contribution is 5.90. The average Bonchev–Trinajstić information content (AvgIpc) is 2.26. The minimum absolute atomic E-state index is 0.0144. The van der Waals surface area contributed by atoms with Crippen LogP contribution >= 0.6 is 0 Å². The van der Waals surface area contributed by atoms with E-state index in [0.29, 0.717) is 16.9 Å². The molecule has 0 aromatic heterocycles. The number of rotatable bonds is 3. The Bertz CT molecular complexity index is 432. The van der Waals surface area contributed by atoms with Crippen LogP contribution in [0.25, 0.3) is 0 Å². The zero-order valence-electron chi connectivity index (χ0n) is 9.48. The highest BCUT2D eigenvalue weighted by Gasteiger charge is 2.10. The molecule has 1 aromatic carbocycles. The Labute approximate surface area is 94.4 Å². The van der Waals surface area contributed by atoms with E-state index < -0.39 is 5.97 Å². The van der Waals surface area contributed by atoms with Crippen LogP contribution in [0, 0.1) is 11.3 Å². The first kappa shape index (κ1) is 12.1. The van der Waals surface area contributed by atoms with Gasteiger partial charge in [0.05, 0.1) is 30.4 Å². The first-order chi connectivity index (χ1) is 7.56. The molecule has 1 rings (SSSR count). The van der Waals surface area contributed by atoms with E-state index in [2.05, 4.69) is 4.74 Å². The van der Waals surface area contributed by atoms with E-state index in [1.165, 1.54) is 13.2 Å². The third-order valence-corrected chi connectivity index (χ3v) is 1.83. The number of hydrogen-bond donors (Lipinski definition) is 0. The van der Waals surface area contributed by atoms with Crippen molar-refractivity contribution in [1.29, 1.82) is 5.26 Å². The Morgan fingerprint density at radius 3 is 2.56 bits per heavy atom. The number of esters is 1. The molecule has 0 amide bonds. The molecule has 0 bridgehead atoms. The van der Waals surface area contributed by atoms with Gasteiger partial charge in [-0.1, -0.05) is 0 Å². The Morgan fingerprint density at radius 2 is 2.06 bits per heavy atom. The topological polar surface area (TPSA) is 59.3 Å². The molecule has 84 valence electrons. The van der Waals surface area contributed by atoms with Crippen LogP contribution in [0.1, 0.15) is 29.8 Å². The van der Waals surface area contributed by atoms with Crippen molar-refractivity contribution in [2.24, 2.45) is 0 Å². The number of hydrogen-bond acceptors (Lipinski definition) is 4. The summed E-state index contributed by atoms with van der Waals surface area (Å²) >= 11 is 0. The molecule has 1 aromatic rings. The van der Waals surface area contributed by atoms with Crippen molar-refractivity contribution in [1.82, 2.24) is 0 Å². The van der Waals surface area contributed by atoms with Crippen molar-refractivity contribution in [3.8, 4) is 11.8 Å². The zero-order chi connectivity index (χ0) is 12.1. The second kappa shape index (κ2) is 5.17. The average molecular weight is 219 g/mol. The summed E-state index contributed by atoms with van der Waals surface area (Å²) in [5.74, 6) is 0.0140. The third-order valence-electron chi connectivity index (χ3n) is 1.83. The molecule has 0 aliphatic rings. The normalized spacial score (nSPS) is 9.69. The molecule has 0 aliphatic heterocycles. The Balaban J connectivity index is 3.11. The number of nitrogens with zero attached hydrogens (tertiary/aromatic N) is 1. The van der Waals surface area contributed by atoms with Gasteiger partial charge < -0.3 is 9.47 Å². The molecule has 0 saturated heterocycles. The number of ether oxygens (including phenoxy) is 2. The molecule has 0 atom stereocenters. The summed E-state index contributed by atoms with van der Waals surface area (Å²) in [6.45, 7) is 3.74. The monoisotopic (exact) mass is 219 g/mol. The fourth-order valence-electron chi connectivity index (χ4n) is 1.24. The molecule has 0 N–H and O–H groups in total. The molecule has 0 saturated carbocycles. The second-order valence-electron chi connectivity index (χ2n) is 3.52. The Kier molecular flexibility index (Phi) is 3.90. The lowest BCUT2D eigenvalue weighted by Crippen LogP contribution is -2.08. The van der Waals surface area contributed by atoms with Gasteiger partial charge in [0.2, 0.25) is 0 Å². The fourth-order valence-corrected chi connectivity index (χ4v) is 1.24. The highest BCUT2D eigenvalue weighted by Crippen LogP contribution is 2.18. The third kappa shape index (κ3) is 2.99. The van der Waals surface area contributed by atoms with Crippen LogP contribution in [0.4, 0.5) is 0 Å². The smallest absolute Gasteiger partial charge is 0.338 e. The van der Waals surface area contributed by atoms with Gasteiger partial charge in [-0.15, -0.1) is 0 Å². The van der Waals surface area contributed by atoms with E-state index in [0.717, 1.165) is 0 Å². The maximum atomic E-state index is 11.3. The standard InChI is InChI=1S/C12H13NO3/c1-8(2)16-11-5-9(7-13)4-10(6-11)12(14)15-3/h4-6,8H,1-3H3. The van der Waals surface area contributed by atoms with Gasteiger partial charge in [-0.3, -0.25) is 0 Å². The number of carbonyl (C=O) groups excluding carboxylic acids is 1. The SMILES string of the molecule is COC(=O)c1cc(C#N)cc(OC(C)C)c1. The van der Waals surface area contributed by atoms with Crippen molar-refractivity contribution in [2.75, 3.05) is 7.11 Å². The summed E-state index contributed by atoms with van der Waals surface area (Å²) in [4.78, 5) is 11.3. The van der Waals surface area contributed by atoms with Gasteiger partial charge in [-0.2, -0.15) is 5.26 Å². The van der Waals surface area contributed by atoms with Crippen LogP contribution in [0.15, 0.2) is 18.2 Å². The van der Waals surface area contributed by atoms with E-state index in [1.54, 1.807) is 12.1 Å². The van der Waals surface area contributed by atoms with Gasteiger partial charge in [0.15, 0.2) is 0 Å². The van der Waals surface area contributed by atoms with Crippen molar-refractivity contribution >= 4 is 5.97 Å². The lowest BCUT2D eigenvalue weighted by Gasteiger charge is -2.10. The molecule has 0 aliphatic carbocycles. The lowest BCUT2D eigenvalue weighted by molar-refractivity contribution is 0.0600. The maximum Gasteiger partial charge on any atom is 0.338 e. The van der Waals surface area contributed by atoms with E-state index in [1.807, 2.05) is 19.9 Å². The summed E-state index contributed by atoms with van der Waals surface area (Å²) in [5, 5.41) is 8.82. The molecular weight excluding hydrogens is 206 g/mol. The van der Waals surface area contributed by atoms with Gasteiger partial charge in [-0.25, -0.2) is 4.79 Å². The molecule has 0 fully saturated rings. The quantitative estimate of drug-likeness (QED) is 0.731. The maximum absolute atomic E-state index is 11.3. The minimum atomic E-state index is -0.481. The first-order valence-electron chi connectivity index (χ1n) is 4.87. The number of carbonyl (C=O) groups is 1. The molecule has 0 radical (unpaired) electrons. The van der Waals surface area contributed by atoms with E-state index in [-0.39, 0.29) is 6.10 Å². The molecule has 0 heterocycles. The predicted molar refractivity (Wildman–Crippen MR) is 58.3 cm³/mol. The second-order valence-corrected chi connectivity index (χ2v) is 3.52. The van der Waals surface area contributed by atoms with Crippen LogP contribution in [0.5, 0.6) is 5.75 Å². The summed E-state index contributed by atoms with van der Waals surface area (Å²) in [5.41, 5.74) is 0.691. The molecule has 4 nitrogen and oxygen atoms in total. The van der Waals surface area contributed by atoms with Crippen molar-refractivity contribution in [3.63, 3.8) is 0 Å². The molecule has 0 unspecified atom stereocenters. The largest absolute Gasteiger partial charge is 0.491 e. The summed E-state index contributed by atoms with van der Waals surface area (Å²) in [6, 6.07) is 6.60. The number of methoxy groups -OCH3 is 1. The number of benzene rings is 1. The number of nitriles is 1. The van der Waals surface area contributed by atoms with Crippen LogP contribution in [0.3, 0.4) is 0 Å². The van der Waals surface area contributed by atoms with Crippen molar-refractivity contribution < 1.29 is 14.3 Å². The summed E-state index contributed by atoms with van der Waals surface area (Å²) < 4.78 is 10.0. The van der Waals surface area contributed by atoms with Crippen LogP contribution in [-0.4, -0.2) is 19.2 Å². The predicted octanol–water partition coefficient (Wildman–Crippen LogP) is 2.13. The lowest BCUT2D eigenvalue weighted by atomic mass is 10.1. The highest BCUT2D eigenvalue weighted by atomic mass is 16.5. The summed E-state index contributed by atoms with van der Waals surface area (Å²) in [7, 11) is 1.30. The summed E-state index contributed by atoms with van der Waals surface area (Å²) in [6.07, 6.45) is -0.0144. The molecule has 16 heavy (non-hydrogen) atoms. The minimum Gasteiger partial charge on any atom is -0.491 e. The Morgan fingerprint density at radius 1 is 1.38 bits per heavy atom. The van der Waals surface area contributed by atoms with Gasteiger partial charge in [0, 0.05) is 0 Å². The van der Waals surface area contributed by atoms with E-state index >= 15 is 0 Å².